The van der Waals surface area contributed by atoms with Gasteiger partial charge in [0.15, 0.2) is 23.2 Å². The maximum absolute atomic E-state index is 12.2. The van der Waals surface area contributed by atoms with E-state index in [1.54, 1.807) is 10.9 Å². The average molecular weight is 359 g/mol. The van der Waals surface area contributed by atoms with E-state index in [9.17, 15) is 9.59 Å². The molecule has 26 heavy (non-hydrogen) atoms. The predicted molar refractivity (Wildman–Crippen MR) is 93.1 cm³/mol. The summed E-state index contributed by atoms with van der Waals surface area (Å²) in [4.78, 5) is 23.3. The molecule has 1 N–H and O–H groups in total. The van der Waals surface area contributed by atoms with Gasteiger partial charge in [-0.25, -0.2) is 0 Å². The third kappa shape index (κ3) is 4.14. The molecule has 0 fully saturated rings. The van der Waals surface area contributed by atoms with Crippen LogP contribution in [-0.4, -0.2) is 40.0 Å². The summed E-state index contributed by atoms with van der Waals surface area (Å²) >= 11 is 0. The van der Waals surface area contributed by atoms with E-state index in [-0.39, 0.29) is 6.10 Å². The molecule has 138 valence electrons. The van der Waals surface area contributed by atoms with Gasteiger partial charge in [0.05, 0.1) is 18.4 Å². The Hall–Kier alpha value is -3.03. The summed E-state index contributed by atoms with van der Waals surface area (Å²) in [6.07, 6.45) is 3.02. The molecule has 0 aliphatic carbocycles. The lowest BCUT2D eigenvalue weighted by molar-refractivity contribution is -0.160. The van der Waals surface area contributed by atoms with Crippen molar-refractivity contribution in [1.82, 2.24) is 9.78 Å². The van der Waals surface area contributed by atoms with Crippen LogP contribution in [0, 0.1) is 0 Å². The van der Waals surface area contributed by atoms with Gasteiger partial charge in [-0.15, -0.1) is 0 Å². The third-order valence-electron chi connectivity index (χ3n) is 3.80. The SMILES string of the molecule is CC(=O)OC(C)(C)C(=O)Nc1cnn(C[C@H]2COc3ccccc3O2)c1. The van der Waals surface area contributed by atoms with Crippen LogP contribution in [0.4, 0.5) is 5.69 Å². The summed E-state index contributed by atoms with van der Waals surface area (Å²) in [7, 11) is 0. The largest absolute Gasteiger partial charge is 0.486 e. The Labute approximate surface area is 151 Å². The molecule has 0 radical (unpaired) electrons. The molecule has 1 atom stereocenters. The molecule has 1 aliphatic heterocycles. The Morgan fingerprint density at radius 1 is 1.35 bits per heavy atom. The van der Waals surface area contributed by atoms with Crippen LogP contribution in [-0.2, 0) is 20.9 Å². The fourth-order valence-corrected chi connectivity index (χ4v) is 2.58. The number of hydrogen-bond donors (Lipinski definition) is 1. The standard InChI is InChI=1S/C18H21N3O5/c1-12(22)26-18(2,3)17(23)20-13-8-19-21(9-13)10-14-11-24-15-6-4-5-7-16(15)25-14/h4-9,14H,10-11H2,1-3H3,(H,20,23)/t14-/m0/s1. The van der Waals surface area contributed by atoms with Crippen molar-refractivity contribution in [3.05, 3.63) is 36.7 Å². The van der Waals surface area contributed by atoms with Crippen LogP contribution in [0.2, 0.25) is 0 Å². The van der Waals surface area contributed by atoms with Crippen molar-refractivity contribution in [2.75, 3.05) is 11.9 Å². The minimum Gasteiger partial charge on any atom is -0.486 e. The molecule has 0 saturated carbocycles. The fourth-order valence-electron chi connectivity index (χ4n) is 2.58. The minimum atomic E-state index is -1.27. The minimum absolute atomic E-state index is 0.189. The van der Waals surface area contributed by atoms with Crippen LogP contribution in [0.1, 0.15) is 20.8 Å². The van der Waals surface area contributed by atoms with Gasteiger partial charge >= 0.3 is 5.97 Å². The zero-order valence-corrected chi connectivity index (χ0v) is 14.9. The molecule has 1 aromatic heterocycles. The van der Waals surface area contributed by atoms with Gasteiger partial charge in [-0.05, 0) is 26.0 Å². The molecular formula is C18H21N3O5. The number of aromatic nitrogens is 2. The van der Waals surface area contributed by atoms with E-state index >= 15 is 0 Å². The van der Waals surface area contributed by atoms with Gasteiger partial charge in [0.2, 0.25) is 0 Å². The smallest absolute Gasteiger partial charge is 0.303 e. The highest BCUT2D eigenvalue weighted by molar-refractivity contribution is 5.97. The second-order valence-corrected chi connectivity index (χ2v) is 6.51. The van der Waals surface area contributed by atoms with Crippen molar-refractivity contribution < 1.29 is 23.8 Å². The summed E-state index contributed by atoms with van der Waals surface area (Å²) < 4.78 is 18.3. The number of para-hydroxylation sites is 2. The van der Waals surface area contributed by atoms with Crippen LogP contribution >= 0.6 is 0 Å². The van der Waals surface area contributed by atoms with Gasteiger partial charge in [0, 0.05) is 13.1 Å². The summed E-state index contributed by atoms with van der Waals surface area (Å²) in [6, 6.07) is 7.49. The van der Waals surface area contributed by atoms with Gasteiger partial charge in [-0.3, -0.25) is 14.3 Å². The molecule has 2 aromatic rings. The topological polar surface area (TPSA) is 91.7 Å². The van der Waals surface area contributed by atoms with E-state index in [1.165, 1.54) is 27.0 Å². The number of carbonyl (C=O) groups excluding carboxylic acids is 2. The number of nitrogens with one attached hydrogen (secondary N) is 1. The van der Waals surface area contributed by atoms with E-state index in [4.69, 9.17) is 14.2 Å². The molecule has 3 rings (SSSR count). The fraction of sp³-hybridized carbons (Fsp3) is 0.389. The van der Waals surface area contributed by atoms with Crippen LogP contribution in [0.5, 0.6) is 11.5 Å². The number of hydrogen-bond acceptors (Lipinski definition) is 6. The average Bonchev–Trinajstić information content (AvgIpc) is 3.00. The van der Waals surface area contributed by atoms with Crippen molar-refractivity contribution >= 4 is 17.6 Å². The highest BCUT2D eigenvalue weighted by Gasteiger charge is 2.31. The molecule has 0 unspecified atom stereocenters. The van der Waals surface area contributed by atoms with Crippen molar-refractivity contribution in [1.29, 1.82) is 0 Å². The Balaban J connectivity index is 1.59. The first kappa shape index (κ1) is 17.8. The third-order valence-corrected chi connectivity index (χ3v) is 3.80. The molecule has 1 amide bonds. The lowest BCUT2D eigenvalue weighted by Crippen LogP contribution is -2.41. The zero-order chi connectivity index (χ0) is 18.7. The Bertz CT molecular complexity index is 815. The number of benzene rings is 1. The van der Waals surface area contributed by atoms with Crippen molar-refractivity contribution in [2.24, 2.45) is 0 Å². The second kappa shape index (κ2) is 7.07. The van der Waals surface area contributed by atoms with Gasteiger partial charge in [0.25, 0.3) is 5.91 Å². The highest BCUT2D eigenvalue weighted by Crippen LogP contribution is 2.31. The Kier molecular flexibility index (Phi) is 4.83. The highest BCUT2D eigenvalue weighted by atomic mass is 16.6. The zero-order valence-electron chi connectivity index (χ0n) is 14.9. The molecule has 1 aromatic carbocycles. The van der Waals surface area contributed by atoms with Crippen LogP contribution in [0.3, 0.4) is 0 Å². The lowest BCUT2D eigenvalue weighted by Gasteiger charge is -2.26. The van der Waals surface area contributed by atoms with Crippen LogP contribution < -0.4 is 14.8 Å². The molecule has 1 aliphatic rings. The van der Waals surface area contributed by atoms with Crippen LogP contribution in [0.15, 0.2) is 36.7 Å². The van der Waals surface area contributed by atoms with E-state index in [0.717, 1.165) is 5.75 Å². The summed E-state index contributed by atoms with van der Waals surface area (Å²) in [5.74, 6) is 0.478. The van der Waals surface area contributed by atoms with Crippen molar-refractivity contribution in [3.63, 3.8) is 0 Å². The quantitative estimate of drug-likeness (QED) is 0.821. The molecule has 0 bridgehead atoms. The van der Waals surface area contributed by atoms with E-state index in [1.807, 2.05) is 24.3 Å². The van der Waals surface area contributed by atoms with E-state index in [2.05, 4.69) is 10.4 Å². The summed E-state index contributed by atoms with van der Waals surface area (Å²) in [5, 5.41) is 6.91. The molecular weight excluding hydrogens is 338 g/mol. The maximum Gasteiger partial charge on any atom is 0.303 e. The normalized spacial score (nSPS) is 16.0. The second-order valence-electron chi connectivity index (χ2n) is 6.51. The number of fused-ring (bicyclic) bond motifs is 1. The lowest BCUT2D eigenvalue weighted by atomic mass is 10.1. The Morgan fingerprint density at radius 3 is 2.81 bits per heavy atom. The van der Waals surface area contributed by atoms with Crippen molar-refractivity contribution in [2.45, 2.75) is 39.0 Å². The maximum atomic E-state index is 12.2. The number of anilines is 1. The predicted octanol–water partition coefficient (Wildman–Crippen LogP) is 2.00. The number of nitrogens with zero attached hydrogens (tertiary/aromatic N) is 2. The molecule has 2 heterocycles. The number of amides is 1. The summed E-state index contributed by atoms with van der Waals surface area (Å²) in [5.41, 5.74) is -0.759. The van der Waals surface area contributed by atoms with Gasteiger partial charge in [-0.2, -0.15) is 5.10 Å². The van der Waals surface area contributed by atoms with Gasteiger partial charge in [-0.1, -0.05) is 12.1 Å². The van der Waals surface area contributed by atoms with E-state index in [0.29, 0.717) is 24.6 Å². The number of ether oxygens (including phenoxy) is 3. The molecule has 8 heteroatoms. The Morgan fingerprint density at radius 2 is 2.08 bits per heavy atom. The first-order valence-electron chi connectivity index (χ1n) is 8.25. The first-order chi connectivity index (χ1) is 12.3. The number of carbonyl (C=O) groups is 2. The number of rotatable bonds is 5. The van der Waals surface area contributed by atoms with Gasteiger partial charge in [0.1, 0.15) is 6.61 Å². The summed E-state index contributed by atoms with van der Waals surface area (Å²) in [6.45, 7) is 5.20. The number of esters is 1. The molecule has 8 nitrogen and oxygen atoms in total. The van der Waals surface area contributed by atoms with Gasteiger partial charge < -0.3 is 19.5 Å². The van der Waals surface area contributed by atoms with Crippen molar-refractivity contribution in [3.8, 4) is 11.5 Å². The first-order valence-corrected chi connectivity index (χ1v) is 8.25. The molecule has 0 spiro atoms. The monoisotopic (exact) mass is 359 g/mol. The van der Waals surface area contributed by atoms with Crippen LogP contribution in [0.25, 0.3) is 0 Å². The molecule has 0 saturated heterocycles. The van der Waals surface area contributed by atoms with E-state index < -0.39 is 17.5 Å².